The van der Waals surface area contributed by atoms with Crippen LogP contribution in [0.15, 0.2) is 12.3 Å². The van der Waals surface area contributed by atoms with E-state index < -0.39 is 0 Å². The zero-order valence-electron chi connectivity index (χ0n) is 9.98. The normalized spacial score (nSPS) is 11.1. The van der Waals surface area contributed by atoms with E-state index in [1.807, 2.05) is 20.0 Å². The highest BCUT2D eigenvalue weighted by Gasteiger charge is 2.09. The van der Waals surface area contributed by atoms with Gasteiger partial charge in [-0.15, -0.1) is 11.3 Å². The van der Waals surface area contributed by atoms with Gasteiger partial charge in [0.1, 0.15) is 5.82 Å². The molecule has 2 aromatic heterocycles. The molecule has 0 aliphatic rings. The van der Waals surface area contributed by atoms with Gasteiger partial charge in [-0.25, -0.2) is 15.0 Å². The van der Waals surface area contributed by atoms with Crippen molar-refractivity contribution in [3.63, 3.8) is 0 Å². The average molecular weight is 233 g/mol. The van der Waals surface area contributed by atoms with Gasteiger partial charge in [0.15, 0.2) is 0 Å². The van der Waals surface area contributed by atoms with Gasteiger partial charge in [-0.1, -0.05) is 13.8 Å². The summed E-state index contributed by atoms with van der Waals surface area (Å²) in [5.74, 6) is 1.25. The number of thiazole rings is 1. The minimum Gasteiger partial charge on any atom is -0.249 e. The van der Waals surface area contributed by atoms with E-state index in [2.05, 4.69) is 34.9 Å². The molecule has 0 amide bonds. The topological polar surface area (TPSA) is 38.7 Å². The van der Waals surface area contributed by atoms with Gasteiger partial charge in [0.05, 0.1) is 15.6 Å². The highest BCUT2D eigenvalue weighted by Crippen LogP contribution is 2.26. The Balaban J connectivity index is 2.49. The van der Waals surface area contributed by atoms with E-state index in [0.717, 1.165) is 27.1 Å². The first kappa shape index (κ1) is 11.2. The molecule has 2 heterocycles. The van der Waals surface area contributed by atoms with Crippen LogP contribution in [0.25, 0.3) is 10.6 Å². The zero-order valence-corrected chi connectivity index (χ0v) is 10.8. The van der Waals surface area contributed by atoms with Crippen LogP contribution in [0.3, 0.4) is 0 Å². The van der Waals surface area contributed by atoms with Gasteiger partial charge in [0, 0.05) is 11.9 Å². The highest BCUT2D eigenvalue weighted by atomic mass is 32.1. The lowest BCUT2D eigenvalue weighted by atomic mass is 10.1. The number of aryl methyl sites for hydroxylation is 2. The number of aromatic nitrogens is 3. The predicted molar refractivity (Wildman–Crippen MR) is 66.7 cm³/mol. The Morgan fingerprint density at radius 3 is 2.50 bits per heavy atom. The molecular weight excluding hydrogens is 218 g/mol. The molecule has 0 fully saturated rings. The van der Waals surface area contributed by atoms with Gasteiger partial charge in [0.2, 0.25) is 0 Å². The summed E-state index contributed by atoms with van der Waals surface area (Å²) in [6.07, 6.45) is 1.88. The van der Waals surface area contributed by atoms with Gasteiger partial charge in [-0.2, -0.15) is 0 Å². The third-order valence-corrected chi connectivity index (χ3v) is 3.26. The van der Waals surface area contributed by atoms with Crippen LogP contribution in [0.4, 0.5) is 0 Å². The largest absolute Gasteiger partial charge is 0.249 e. The van der Waals surface area contributed by atoms with Gasteiger partial charge >= 0.3 is 0 Å². The monoisotopic (exact) mass is 233 g/mol. The van der Waals surface area contributed by atoms with Crippen LogP contribution in [0, 0.1) is 13.8 Å². The molecular formula is C12H15N3S. The minimum absolute atomic E-state index is 0.425. The zero-order chi connectivity index (χ0) is 11.7. The summed E-state index contributed by atoms with van der Waals surface area (Å²) < 4.78 is 0. The van der Waals surface area contributed by atoms with Crippen molar-refractivity contribution >= 4 is 11.3 Å². The van der Waals surface area contributed by atoms with Gasteiger partial charge in [-0.05, 0) is 25.8 Å². The second-order valence-corrected chi connectivity index (χ2v) is 5.36. The van der Waals surface area contributed by atoms with Crippen LogP contribution in [0.2, 0.25) is 0 Å². The van der Waals surface area contributed by atoms with E-state index in [-0.39, 0.29) is 0 Å². The third-order valence-electron chi connectivity index (χ3n) is 2.32. The summed E-state index contributed by atoms with van der Waals surface area (Å²) in [7, 11) is 0. The second kappa shape index (κ2) is 4.29. The average Bonchev–Trinajstić information content (AvgIpc) is 2.64. The van der Waals surface area contributed by atoms with E-state index in [9.17, 15) is 0 Å². The number of rotatable bonds is 2. The molecule has 0 N–H and O–H groups in total. The predicted octanol–water partition coefficient (Wildman–Crippen LogP) is 3.34. The summed E-state index contributed by atoms with van der Waals surface area (Å²) in [5, 5.41) is 1.07. The Bertz CT molecular complexity index is 503. The van der Waals surface area contributed by atoms with Crippen molar-refractivity contribution in [2.24, 2.45) is 0 Å². The van der Waals surface area contributed by atoms with Crippen LogP contribution < -0.4 is 0 Å². The fraction of sp³-hybridized carbons (Fsp3) is 0.417. The highest BCUT2D eigenvalue weighted by molar-refractivity contribution is 7.15. The molecule has 2 aromatic rings. The fourth-order valence-corrected chi connectivity index (χ4v) is 2.23. The van der Waals surface area contributed by atoms with Crippen molar-refractivity contribution in [3.8, 4) is 10.6 Å². The molecule has 0 aliphatic carbocycles. The summed E-state index contributed by atoms with van der Waals surface area (Å²) in [4.78, 5) is 14.3. The molecule has 0 spiro atoms. The number of hydrogen-bond donors (Lipinski definition) is 0. The van der Waals surface area contributed by atoms with Gasteiger partial charge in [-0.3, -0.25) is 0 Å². The molecule has 3 nitrogen and oxygen atoms in total. The first-order valence-corrected chi connectivity index (χ1v) is 6.16. The van der Waals surface area contributed by atoms with Crippen molar-refractivity contribution in [1.82, 2.24) is 15.0 Å². The van der Waals surface area contributed by atoms with E-state index in [1.165, 1.54) is 0 Å². The molecule has 0 atom stereocenters. The third kappa shape index (κ3) is 2.27. The maximum absolute atomic E-state index is 4.46. The smallest absolute Gasteiger partial charge is 0.126 e. The Morgan fingerprint density at radius 1 is 1.19 bits per heavy atom. The van der Waals surface area contributed by atoms with Crippen molar-refractivity contribution in [2.45, 2.75) is 33.6 Å². The summed E-state index contributed by atoms with van der Waals surface area (Å²) in [5.41, 5.74) is 2.08. The van der Waals surface area contributed by atoms with Crippen LogP contribution in [-0.4, -0.2) is 15.0 Å². The molecule has 0 aliphatic heterocycles. The quantitative estimate of drug-likeness (QED) is 0.798. The Morgan fingerprint density at radius 2 is 1.94 bits per heavy atom. The Kier molecular flexibility index (Phi) is 3.01. The van der Waals surface area contributed by atoms with Gasteiger partial charge in [0.25, 0.3) is 0 Å². The number of nitrogens with zero attached hydrogens (tertiary/aromatic N) is 3. The van der Waals surface area contributed by atoms with E-state index in [0.29, 0.717) is 5.92 Å². The van der Waals surface area contributed by atoms with Crippen LogP contribution in [0.5, 0.6) is 0 Å². The van der Waals surface area contributed by atoms with E-state index in [1.54, 1.807) is 11.3 Å². The van der Waals surface area contributed by atoms with Crippen molar-refractivity contribution in [2.75, 3.05) is 0 Å². The lowest BCUT2D eigenvalue weighted by Gasteiger charge is -2.06. The molecule has 84 valence electrons. The second-order valence-electron chi connectivity index (χ2n) is 4.12. The lowest BCUT2D eigenvalue weighted by molar-refractivity contribution is 0.803. The Labute approximate surface area is 99.6 Å². The lowest BCUT2D eigenvalue weighted by Crippen LogP contribution is -1.98. The molecule has 0 radical (unpaired) electrons. The summed E-state index contributed by atoms with van der Waals surface area (Å²) in [6.45, 7) is 8.22. The van der Waals surface area contributed by atoms with Crippen molar-refractivity contribution in [3.05, 3.63) is 28.8 Å². The van der Waals surface area contributed by atoms with Crippen LogP contribution in [0.1, 0.15) is 36.3 Å². The van der Waals surface area contributed by atoms with Crippen LogP contribution >= 0.6 is 11.3 Å². The van der Waals surface area contributed by atoms with Crippen LogP contribution in [-0.2, 0) is 0 Å². The molecule has 2 rings (SSSR count). The van der Waals surface area contributed by atoms with Crippen molar-refractivity contribution < 1.29 is 0 Å². The summed E-state index contributed by atoms with van der Waals surface area (Å²) >= 11 is 1.67. The summed E-state index contributed by atoms with van der Waals surface area (Å²) in [6, 6.07) is 2.06. The first-order valence-electron chi connectivity index (χ1n) is 5.34. The fourth-order valence-electron chi connectivity index (χ4n) is 1.49. The standard InChI is InChI=1S/C12H15N3S/c1-7(2)10-5-11(15-8(3)14-10)12-6-13-9(4)16-12/h5-7H,1-4H3. The first-order chi connectivity index (χ1) is 7.56. The molecule has 0 saturated carbocycles. The van der Waals surface area contributed by atoms with Gasteiger partial charge < -0.3 is 0 Å². The van der Waals surface area contributed by atoms with E-state index in [4.69, 9.17) is 0 Å². The molecule has 0 bridgehead atoms. The molecule has 0 aromatic carbocycles. The molecule has 4 heteroatoms. The maximum atomic E-state index is 4.46. The molecule has 16 heavy (non-hydrogen) atoms. The minimum atomic E-state index is 0.425. The van der Waals surface area contributed by atoms with Crippen molar-refractivity contribution in [1.29, 1.82) is 0 Å². The molecule has 0 saturated heterocycles. The van der Waals surface area contributed by atoms with E-state index >= 15 is 0 Å². The number of hydrogen-bond acceptors (Lipinski definition) is 4. The maximum Gasteiger partial charge on any atom is 0.126 e. The SMILES string of the molecule is Cc1nc(-c2cnc(C)s2)cc(C(C)C)n1. The Hall–Kier alpha value is -1.29. The molecule has 0 unspecified atom stereocenters.